The molecule has 2 aliphatic rings. The van der Waals surface area contributed by atoms with Crippen LogP contribution in [0.5, 0.6) is 0 Å². The SMILES string of the molecule is CC(NC(=O)c1c(C[NH+]2CCCC2)c(-c2ccccc2)nc2ccccc12)C1CCCCC1. The van der Waals surface area contributed by atoms with Crippen LogP contribution in [0.2, 0.25) is 0 Å². The maximum absolute atomic E-state index is 13.9. The lowest BCUT2D eigenvalue weighted by molar-refractivity contribution is -0.901. The van der Waals surface area contributed by atoms with Gasteiger partial charge in [0.25, 0.3) is 5.91 Å². The van der Waals surface area contributed by atoms with E-state index < -0.39 is 0 Å². The molecule has 5 rings (SSSR count). The number of para-hydroxylation sites is 1. The summed E-state index contributed by atoms with van der Waals surface area (Å²) >= 11 is 0. The molecular formula is C29H36N3O+. The summed E-state index contributed by atoms with van der Waals surface area (Å²) in [7, 11) is 0. The quantitative estimate of drug-likeness (QED) is 0.577. The van der Waals surface area contributed by atoms with Crippen LogP contribution in [0.3, 0.4) is 0 Å². The van der Waals surface area contributed by atoms with Crippen molar-refractivity contribution in [1.82, 2.24) is 10.3 Å². The second-order valence-corrected chi connectivity index (χ2v) is 9.99. The molecule has 0 bridgehead atoms. The first-order valence-electron chi connectivity index (χ1n) is 12.8. The lowest BCUT2D eigenvalue weighted by Gasteiger charge is -2.29. The Morgan fingerprint density at radius 1 is 0.970 bits per heavy atom. The van der Waals surface area contributed by atoms with Crippen LogP contribution >= 0.6 is 0 Å². The van der Waals surface area contributed by atoms with Gasteiger partial charge in [-0.25, -0.2) is 4.98 Å². The minimum absolute atomic E-state index is 0.0671. The van der Waals surface area contributed by atoms with Gasteiger partial charge in [0.2, 0.25) is 0 Å². The Morgan fingerprint density at radius 2 is 1.67 bits per heavy atom. The topological polar surface area (TPSA) is 46.4 Å². The van der Waals surface area contributed by atoms with Gasteiger partial charge in [-0.1, -0.05) is 67.8 Å². The van der Waals surface area contributed by atoms with Gasteiger partial charge in [0.15, 0.2) is 0 Å². The number of likely N-dealkylation sites (tertiary alicyclic amines) is 1. The third-order valence-corrected chi connectivity index (χ3v) is 7.72. The number of aromatic nitrogens is 1. The molecule has 1 saturated carbocycles. The predicted molar refractivity (Wildman–Crippen MR) is 134 cm³/mol. The van der Waals surface area contributed by atoms with Crippen LogP contribution in [-0.2, 0) is 6.54 Å². The number of benzene rings is 2. The Balaban J connectivity index is 1.60. The highest BCUT2D eigenvalue weighted by Gasteiger charge is 2.28. The van der Waals surface area contributed by atoms with Crippen LogP contribution in [-0.4, -0.2) is 30.0 Å². The van der Waals surface area contributed by atoms with Crippen molar-refractivity contribution in [2.24, 2.45) is 5.92 Å². The summed E-state index contributed by atoms with van der Waals surface area (Å²) in [6.45, 7) is 5.38. The van der Waals surface area contributed by atoms with E-state index in [9.17, 15) is 4.79 Å². The average Bonchev–Trinajstić information content (AvgIpc) is 3.38. The highest BCUT2D eigenvalue weighted by Crippen LogP contribution is 2.31. The van der Waals surface area contributed by atoms with Gasteiger partial charge < -0.3 is 10.2 Å². The van der Waals surface area contributed by atoms with Gasteiger partial charge in [-0.05, 0) is 31.7 Å². The third kappa shape index (κ3) is 4.81. The lowest BCUT2D eigenvalue weighted by atomic mass is 9.84. The summed E-state index contributed by atoms with van der Waals surface area (Å²) < 4.78 is 0. The number of pyridine rings is 1. The zero-order chi connectivity index (χ0) is 22.6. The van der Waals surface area contributed by atoms with E-state index in [0.29, 0.717) is 5.92 Å². The highest BCUT2D eigenvalue weighted by atomic mass is 16.1. The van der Waals surface area contributed by atoms with Crippen molar-refractivity contribution >= 4 is 16.8 Å². The summed E-state index contributed by atoms with van der Waals surface area (Å²) in [6, 6.07) is 18.7. The molecule has 2 aromatic carbocycles. The first-order chi connectivity index (χ1) is 16.2. The van der Waals surface area contributed by atoms with Crippen LogP contribution in [0, 0.1) is 5.92 Å². The van der Waals surface area contributed by atoms with E-state index in [1.54, 1.807) is 4.90 Å². The van der Waals surface area contributed by atoms with Crippen molar-refractivity contribution in [3.63, 3.8) is 0 Å². The van der Waals surface area contributed by atoms with E-state index in [0.717, 1.165) is 39.8 Å². The molecule has 1 aliphatic carbocycles. The summed E-state index contributed by atoms with van der Waals surface area (Å²) in [5, 5.41) is 4.40. The van der Waals surface area contributed by atoms with Gasteiger partial charge in [-0.3, -0.25) is 4.79 Å². The summed E-state index contributed by atoms with van der Waals surface area (Å²) in [6.07, 6.45) is 8.86. The van der Waals surface area contributed by atoms with Crippen LogP contribution in [0.4, 0.5) is 0 Å². The van der Waals surface area contributed by atoms with E-state index >= 15 is 0 Å². The molecule has 3 aromatic rings. The number of hydrogen-bond donors (Lipinski definition) is 2. The van der Waals surface area contributed by atoms with Gasteiger partial charge >= 0.3 is 0 Å². The maximum atomic E-state index is 13.9. The van der Waals surface area contributed by atoms with E-state index in [4.69, 9.17) is 4.98 Å². The number of nitrogens with one attached hydrogen (secondary N) is 2. The zero-order valence-corrected chi connectivity index (χ0v) is 19.8. The number of nitrogens with zero attached hydrogens (tertiary/aromatic N) is 1. The molecule has 2 N–H and O–H groups in total. The lowest BCUT2D eigenvalue weighted by Crippen LogP contribution is -3.08. The second kappa shape index (κ2) is 10.0. The van der Waals surface area contributed by atoms with Crippen molar-refractivity contribution in [2.75, 3.05) is 13.1 Å². The van der Waals surface area contributed by atoms with Crippen molar-refractivity contribution in [3.8, 4) is 11.3 Å². The Morgan fingerprint density at radius 3 is 2.42 bits per heavy atom. The number of carbonyl (C=O) groups excluding carboxylic acids is 1. The first kappa shape index (κ1) is 22.1. The third-order valence-electron chi connectivity index (χ3n) is 7.72. The summed E-state index contributed by atoms with van der Waals surface area (Å²) in [4.78, 5) is 20.6. The molecule has 1 aromatic heterocycles. The van der Waals surface area contributed by atoms with Gasteiger partial charge in [0.05, 0.1) is 29.9 Å². The maximum Gasteiger partial charge on any atom is 0.252 e. The Labute approximate surface area is 197 Å². The molecule has 172 valence electrons. The Hall–Kier alpha value is -2.72. The van der Waals surface area contributed by atoms with E-state index in [1.807, 2.05) is 24.3 Å². The van der Waals surface area contributed by atoms with Gasteiger partial charge in [-0.15, -0.1) is 0 Å². The normalized spacial score (nSPS) is 18.5. The van der Waals surface area contributed by atoms with Crippen LogP contribution in [0.1, 0.15) is 67.8 Å². The number of amides is 1. The van der Waals surface area contributed by atoms with Gasteiger partial charge in [0, 0.05) is 35.4 Å². The zero-order valence-electron chi connectivity index (χ0n) is 19.8. The number of hydrogen-bond acceptors (Lipinski definition) is 2. The monoisotopic (exact) mass is 442 g/mol. The molecule has 1 unspecified atom stereocenters. The molecular weight excluding hydrogens is 406 g/mol. The number of carbonyl (C=O) groups is 1. The molecule has 2 heterocycles. The predicted octanol–water partition coefficient (Wildman–Crippen LogP) is 4.78. The molecule has 4 heteroatoms. The molecule has 0 radical (unpaired) electrons. The van der Waals surface area contributed by atoms with Crippen LogP contribution < -0.4 is 10.2 Å². The number of fused-ring (bicyclic) bond motifs is 1. The minimum Gasteiger partial charge on any atom is -0.349 e. The van der Waals surface area contributed by atoms with Crippen molar-refractivity contribution in [1.29, 1.82) is 0 Å². The fourth-order valence-corrected chi connectivity index (χ4v) is 5.85. The molecule has 1 amide bonds. The molecule has 2 fully saturated rings. The smallest absolute Gasteiger partial charge is 0.252 e. The molecule has 1 aliphatic heterocycles. The molecule has 1 atom stereocenters. The molecule has 1 saturated heterocycles. The summed E-state index contributed by atoms with van der Waals surface area (Å²) in [5.74, 6) is 0.648. The second-order valence-electron chi connectivity index (χ2n) is 9.99. The highest BCUT2D eigenvalue weighted by molar-refractivity contribution is 6.09. The minimum atomic E-state index is 0.0671. The standard InChI is InChI=1S/C29H35N3O/c1-21(22-12-4-2-5-13-22)30-29(33)27-24-16-8-9-17-26(24)31-28(23-14-6-3-7-15-23)25(27)20-32-18-10-11-19-32/h3,6-9,14-17,21-22H,2,4-5,10-13,18-20H2,1H3,(H,30,33)/p+1. The number of rotatable bonds is 6. The molecule has 33 heavy (non-hydrogen) atoms. The van der Waals surface area contributed by atoms with Gasteiger partial charge in [-0.2, -0.15) is 0 Å². The average molecular weight is 443 g/mol. The van der Waals surface area contributed by atoms with E-state index in [1.165, 1.54) is 58.0 Å². The van der Waals surface area contributed by atoms with E-state index in [2.05, 4.69) is 42.6 Å². The van der Waals surface area contributed by atoms with Crippen molar-refractivity contribution in [2.45, 2.75) is 64.5 Å². The first-order valence-corrected chi connectivity index (χ1v) is 12.8. The van der Waals surface area contributed by atoms with E-state index in [-0.39, 0.29) is 11.9 Å². The fourth-order valence-electron chi connectivity index (χ4n) is 5.85. The number of quaternary nitrogens is 1. The molecule has 4 nitrogen and oxygen atoms in total. The molecule has 0 spiro atoms. The Bertz CT molecular complexity index is 1100. The fraction of sp³-hybridized carbons (Fsp3) is 0.448. The largest absolute Gasteiger partial charge is 0.349 e. The van der Waals surface area contributed by atoms with Gasteiger partial charge in [0.1, 0.15) is 6.54 Å². The van der Waals surface area contributed by atoms with Crippen molar-refractivity contribution < 1.29 is 9.69 Å². The van der Waals surface area contributed by atoms with Crippen LogP contribution in [0.25, 0.3) is 22.2 Å². The van der Waals surface area contributed by atoms with Crippen LogP contribution in [0.15, 0.2) is 54.6 Å². The van der Waals surface area contributed by atoms with Crippen molar-refractivity contribution in [3.05, 3.63) is 65.7 Å². The Kier molecular flexibility index (Phi) is 6.73. The summed E-state index contributed by atoms with van der Waals surface area (Å²) in [5.41, 5.74) is 4.88.